The molecule has 0 saturated carbocycles. The summed E-state index contributed by atoms with van der Waals surface area (Å²) in [6, 6.07) is 12.7. The highest BCUT2D eigenvalue weighted by Gasteiger charge is 2.22. The Morgan fingerprint density at radius 3 is 2.36 bits per heavy atom. The number of nitrogens with one attached hydrogen (secondary N) is 2. The van der Waals surface area contributed by atoms with E-state index < -0.39 is 12.1 Å². The minimum absolute atomic E-state index is 0.340. The maximum Gasteiger partial charge on any atom is 0.338 e. The van der Waals surface area contributed by atoms with Crippen LogP contribution < -0.4 is 5.32 Å². The Bertz CT molecular complexity index is 943. The molecule has 3 rings (SSSR count). The molecule has 0 radical (unpaired) electrons. The highest BCUT2D eigenvalue weighted by molar-refractivity contribution is 5.97. The van der Waals surface area contributed by atoms with Crippen LogP contribution in [0.25, 0.3) is 11.4 Å². The monoisotopic (exact) mass is 377 g/mol. The molecule has 6 nitrogen and oxygen atoms in total. The molecule has 2 aromatic carbocycles. The van der Waals surface area contributed by atoms with E-state index in [0.29, 0.717) is 17.7 Å². The number of H-pyrrole nitrogens is 1. The first-order valence-electron chi connectivity index (χ1n) is 9.16. The average Bonchev–Trinajstić information content (AvgIpc) is 3.20. The Labute approximate surface area is 164 Å². The Kier molecular flexibility index (Phi) is 5.89. The first-order valence-corrected chi connectivity index (χ1v) is 9.16. The number of hydrogen-bond donors (Lipinski definition) is 2. The van der Waals surface area contributed by atoms with Crippen molar-refractivity contribution in [2.45, 2.75) is 33.3 Å². The molecule has 1 amide bonds. The van der Waals surface area contributed by atoms with Gasteiger partial charge in [0, 0.05) is 23.6 Å². The summed E-state index contributed by atoms with van der Waals surface area (Å²) >= 11 is 0. The molecule has 0 aliphatic rings. The number of ether oxygens (including phenoxy) is 1. The first kappa shape index (κ1) is 19.4. The van der Waals surface area contributed by atoms with E-state index in [0.717, 1.165) is 22.5 Å². The van der Waals surface area contributed by atoms with Gasteiger partial charge >= 0.3 is 5.97 Å². The van der Waals surface area contributed by atoms with E-state index >= 15 is 0 Å². The second-order valence-electron chi connectivity index (χ2n) is 6.68. The van der Waals surface area contributed by atoms with Gasteiger partial charge in [0.25, 0.3) is 5.91 Å². The van der Waals surface area contributed by atoms with E-state index in [4.69, 9.17) is 4.74 Å². The molecule has 1 unspecified atom stereocenters. The number of carbonyl (C=O) groups excluding carboxylic acids is 2. The van der Waals surface area contributed by atoms with Gasteiger partial charge in [0.1, 0.15) is 5.82 Å². The number of aryl methyl sites for hydroxylation is 2. The van der Waals surface area contributed by atoms with Crippen molar-refractivity contribution in [3.8, 4) is 11.4 Å². The lowest BCUT2D eigenvalue weighted by Gasteiger charge is -2.16. The van der Waals surface area contributed by atoms with Crippen LogP contribution in [0.3, 0.4) is 0 Å². The van der Waals surface area contributed by atoms with E-state index in [1.54, 1.807) is 43.6 Å². The van der Waals surface area contributed by atoms with Gasteiger partial charge in [0.15, 0.2) is 6.10 Å². The number of rotatable bonds is 6. The van der Waals surface area contributed by atoms with Gasteiger partial charge in [-0.15, -0.1) is 0 Å². The summed E-state index contributed by atoms with van der Waals surface area (Å²) in [5.74, 6) is -0.152. The topological polar surface area (TPSA) is 84.1 Å². The minimum atomic E-state index is -0.863. The van der Waals surface area contributed by atoms with Crippen LogP contribution in [-0.4, -0.2) is 27.9 Å². The fourth-order valence-electron chi connectivity index (χ4n) is 2.98. The summed E-state index contributed by atoms with van der Waals surface area (Å²) < 4.78 is 5.44. The summed E-state index contributed by atoms with van der Waals surface area (Å²) in [6.07, 6.45) is 2.92. The zero-order valence-electron chi connectivity index (χ0n) is 16.2. The summed E-state index contributed by atoms with van der Waals surface area (Å²) in [4.78, 5) is 32.2. The van der Waals surface area contributed by atoms with E-state index in [-0.39, 0.29) is 5.91 Å². The molecule has 2 N–H and O–H groups in total. The number of aromatic nitrogens is 2. The molecule has 0 saturated heterocycles. The fraction of sp³-hybridized carbons (Fsp3) is 0.227. The largest absolute Gasteiger partial charge is 0.449 e. The van der Waals surface area contributed by atoms with Crippen molar-refractivity contribution in [2.24, 2.45) is 0 Å². The molecule has 1 aromatic heterocycles. The van der Waals surface area contributed by atoms with E-state index in [1.807, 2.05) is 32.0 Å². The summed E-state index contributed by atoms with van der Waals surface area (Å²) in [6.45, 7) is 5.73. The minimum Gasteiger partial charge on any atom is -0.449 e. The van der Waals surface area contributed by atoms with Crippen molar-refractivity contribution < 1.29 is 14.3 Å². The molecule has 0 bridgehead atoms. The number of imidazole rings is 1. The molecule has 0 fully saturated rings. The molecule has 0 aliphatic heterocycles. The molecule has 0 aliphatic carbocycles. The van der Waals surface area contributed by atoms with Crippen LogP contribution in [0.15, 0.2) is 54.9 Å². The van der Waals surface area contributed by atoms with Crippen LogP contribution in [0.5, 0.6) is 0 Å². The van der Waals surface area contributed by atoms with Crippen LogP contribution >= 0.6 is 0 Å². The van der Waals surface area contributed by atoms with Crippen molar-refractivity contribution in [2.75, 3.05) is 5.32 Å². The maximum absolute atomic E-state index is 12.5. The second kappa shape index (κ2) is 8.52. The van der Waals surface area contributed by atoms with Gasteiger partial charge < -0.3 is 15.0 Å². The second-order valence-corrected chi connectivity index (χ2v) is 6.68. The third kappa shape index (κ3) is 4.65. The molecular weight excluding hydrogens is 354 g/mol. The SMILES string of the molecule is CCC(OC(=O)c1ccc(-c2ncc[nH]2)cc1)C(=O)Nc1cc(C)cc(C)c1. The summed E-state index contributed by atoms with van der Waals surface area (Å²) in [5.41, 5.74) is 4.04. The Morgan fingerprint density at radius 2 is 1.79 bits per heavy atom. The van der Waals surface area contributed by atoms with Gasteiger partial charge in [0.05, 0.1) is 5.56 Å². The number of aromatic amines is 1. The molecule has 0 spiro atoms. The number of nitrogens with zero attached hydrogens (tertiary/aromatic N) is 1. The Morgan fingerprint density at radius 1 is 1.11 bits per heavy atom. The number of carbonyl (C=O) groups is 2. The van der Waals surface area contributed by atoms with Crippen LogP contribution in [-0.2, 0) is 9.53 Å². The van der Waals surface area contributed by atoms with Crippen LogP contribution in [0.4, 0.5) is 5.69 Å². The third-order valence-electron chi connectivity index (χ3n) is 4.29. The van der Waals surface area contributed by atoms with Crippen LogP contribution in [0.2, 0.25) is 0 Å². The number of hydrogen-bond acceptors (Lipinski definition) is 4. The van der Waals surface area contributed by atoms with Gasteiger partial charge in [0.2, 0.25) is 0 Å². The quantitative estimate of drug-likeness (QED) is 0.629. The lowest BCUT2D eigenvalue weighted by atomic mass is 10.1. The van der Waals surface area contributed by atoms with Gasteiger partial charge in [-0.05, 0) is 55.7 Å². The van der Waals surface area contributed by atoms with Crippen LogP contribution in [0.1, 0.15) is 34.8 Å². The number of esters is 1. The van der Waals surface area contributed by atoms with Gasteiger partial charge in [-0.25, -0.2) is 9.78 Å². The zero-order valence-corrected chi connectivity index (χ0v) is 16.2. The van der Waals surface area contributed by atoms with Crippen molar-refractivity contribution in [1.29, 1.82) is 0 Å². The predicted molar refractivity (Wildman–Crippen MR) is 108 cm³/mol. The van der Waals surface area contributed by atoms with E-state index in [2.05, 4.69) is 15.3 Å². The van der Waals surface area contributed by atoms with Crippen molar-refractivity contribution in [3.63, 3.8) is 0 Å². The smallest absolute Gasteiger partial charge is 0.338 e. The van der Waals surface area contributed by atoms with Crippen molar-refractivity contribution in [3.05, 3.63) is 71.5 Å². The number of benzene rings is 2. The number of amides is 1. The normalized spacial score (nSPS) is 11.7. The molecule has 144 valence electrons. The molecule has 1 atom stereocenters. The maximum atomic E-state index is 12.5. The van der Waals surface area contributed by atoms with Gasteiger partial charge in [-0.1, -0.05) is 25.1 Å². The molecule has 6 heteroatoms. The average molecular weight is 377 g/mol. The predicted octanol–water partition coefficient (Wildman–Crippen LogP) is 4.27. The first-order chi connectivity index (χ1) is 13.5. The lowest BCUT2D eigenvalue weighted by Crippen LogP contribution is -2.32. The molecular formula is C22H23N3O3. The third-order valence-corrected chi connectivity index (χ3v) is 4.29. The standard InChI is InChI=1S/C22H23N3O3/c1-4-19(21(26)25-18-12-14(2)11-15(3)13-18)28-22(27)17-7-5-16(6-8-17)20-23-9-10-24-20/h5-13,19H,4H2,1-3H3,(H,23,24)(H,25,26). The Balaban J connectivity index is 1.66. The number of anilines is 1. The van der Waals surface area contributed by atoms with Gasteiger partial charge in [-0.3, -0.25) is 4.79 Å². The summed E-state index contributed by atoms with van der Waals surface area (Å²) in [5, 5.41) is 2.83. The summed E-state index contributed by atoms with van der Waals surface area (Å²) in [7, 11) is 0. The van der Waals surface area contributed by atoms with Crippen molar-refractivity contribution in [1.82, 2.24) is 9.97 Å². The zero-order chi connectivity index (χ0) is 20.1. The van der Waals surface area contributed by atoms with Crippen LogP contribution in [0, 0.1) is 13.8 Å². The fourth-order valence-corrected chi connectivity index (χ4v) is 2.98. The molecule has 3 aromatic rings. The Hall–Kier alpha value is -3.41. The van der Waals surface area contributed by atoms with E-state index in [9.17, 15) is 9.59 Å². The highest BCUT2D eigenvalue weighted by Crippen LogP contribution is 2.18. The molecule has 28 heavy (non-hydrogen) atoms. The van der Waals surface area contributed by atoms with E-state index in [1.165, 1.54) is 0 Å². The highest BCUT2D eigenvalue weighted by atomic mass is 16.5. The molecule has 1 heterocycles. The lowest BCUT2D eigenvalue weighted by molar-refractivity contribution is -0.124. The van der Waals surface area contributed by atoms with Gasteiger partial charge in [-0.2, -0.15) is 0 Å². The van der Waals surface area contributed by atoms with Crippen molar-refractivity contribution >= 4 is 17.6 Å².